The van der Waals surface area contributed by atoms with Gasteiger partial charge in [0, 0.05) is 26.2 Å². The van der Waals surface area contributed by atoms with Gasteiger partial charge in [-0.25, -0.2) is 0 Å². The maximum absolute atomic E-state index is 12.1. The van der Waals surface area contributed by atoms with Crippen LogP contribution in [0.4, 0.5) is 0 Å². The van der Waals surface area contributed by atoms with Crippen LogP contribution in [0.15, 0.2) is 0 Å². The lowest BCUT2D eigenvalue weighted by atomic mass is 10.1. The Balaban J connectivity index is 2.33. The second-order valence-corrected chi connectivity index (χ2v) is 5.48. The molecule has 4 nitrogen and oxygen atoms in total. The Morgan fingerprint density at radius 1 is 1.22 bits per heavy atom. The van der Waals surface area contributed by atoms with Crippen molar-refractivity contribution in [3.8, 4) is 0 Å². The summed E-state index contributed by atoms with van der Waals surface area (Å²) in [6, 6.07) is 0.255. The van der Waals surface area contributed by atoms with E-state index in [4.69, 9.17) is 4.74 Å². The molecule has 0 spiro atoms. The summed E-state index contributed by atoms with van der Waals surface area (Å²) in [4.78, 5) is 14.1. The van der Waals surface area contributed by atoms with Crippen LogP contribution in [-0.2, 0) is 9.53 Å². The summed E-state index contributed by atoms with van der Waals surface area (Å²) in [5.41, 5.74) is 0. The van der Waals surface area contributed by atoms with E-state index in [0.717, 1.165) is 25.9 Å². The van der Waals surface area contributed by atoms with Gasteiger partial charge in [0.25, 0.3) is 0 Å². The van der Waals surface area contributed by atoms with E-state index in [9.17, 15) is 4.79 Å². The quantitative estimate of drug-likeness (QED) is 0.785. The highest BCUT2D eigenvalue weighted by molar-refractivity contribution is 5.78. The lowest BCUT2D eigenvalue weighted by Crippen LogP contribution is -2.45. The van der Waals surface area contributed by atoms with Crippen LogP contribution in [0.5, 0.6) is 0 Å². The molecule has 1 N–H and O–H groups in total. The second kappa shape index (κ2) is 8.48. The largest absolute Gasteiger partial charge is 0.383 e. The molecule has 0 aromatic heterocycles. The summed E-state index contributed by atoms with van der Waals surface area (Å²) < 4.78 is 5.18. The molecule has 0 saturated carbocycles. The predicted octanol–water partition coefficient (Wildman–Crippen LogP) is 1.65. The smallest absolute Gasteiger partial charge is 0.236 e. The lowest BCUT2D eigenvalue weighted by molar-refractivity contribution is -0.130. The minimum atomic E-state index is 0.235. The van der Waals surface area contributed by atoms with Gasteiger partial charge in [0.05, 0.1) is 13.2 Å². The Labute approximate surface area is 111 Å². The Morgan fingerprint density at radius 3 is 2.33 bits per heavy atom. The third-order valence-electron chi connectivity index (χ3n) is 3.63. The molecular weight excluding hydrogens is 228 g/mol. The van der Waals surface area contributed by atoms with Gasteiger partial charge in [0.15, 0.2) is 0 Å². The van der Waals surface area contributed by atoms with Gasteiger partial charge in [-0.1, -0.05) is 26.7 Å². The second-order valence-electron chi connectivity index (χ2n) is 5.48. The number of amides is 1. The molecule has 0 aromatic carbocycles. The number of carbonyl (C=O) groups is 1. The van der Waals surface area contributed by atoms with Crippen molar-refractivity contribution in [2.75, 3.05) is 33.4 Å². The fourth-order valence-corrected chi connectivity index (χ4v) is 2.32. The summed E-state index contributed by atoms with van der Waals surface area (Å²) in [7, 11) is 1.70. The molecule has 1 rings (SSSR count). The van der Waals surface area contributed by atoms with E-state index in [0.29, 0.717) is 19.1 Å². The fourth-order valence-electron chi connectivity index (χ4n) is 2.32. The molecule has 1 heterocycles. The van der Waals surface area contributed by atoms with Gasteiger partial charge in [0.2, 0.25) is 5.91 Å². The summed E-state index contributed by atoms with van der Waals surface area (Å²) in [5.74, 6) is 0.709. The third-order valence-corrected chi connectivity index (χ3v) is 3.63. The summed E-state index contributed by atoms with van der Waals surface area (Å²) in [6.45, 7) is 7.24. The summed E-state index contributed by atoms with van der Waals surface area (Å²) >= 11 is 0. The first kappa shape index (κ1) is 15.4. The molecule has 0 aromatic rings. The molecule has 1 amide bonds. The zero-order chi connectivity index (χ0) is 13.4. The molecule has 18 heavy (non-hydrogen) atoms. The number of carbonyl (C=O) groups excluding carboxylic acids is 1. The van der Waals surface area contributed by atoms with Crippen LogP contribution in [0.2, 0.25) is 0 Å². The van der Waals surface area contributed by atoms with Crippen LogP contribution in [0, 0.1) is 5.92 Å². The van der Waals surface area contributed by atoms with Crippen molar-refractivity contribution in [3.63, 3.8) is 0 Å². The van der Waals surface area contributed by atoms with Gasteiger partial charge in [0.1, 0.15) is 0 Å². The van der Waals surface area contributed by atoms with Crippen molar-refractivity contribution in [2.45, 2.75) is 45.6 Å². The maximum atomic E-state index is 12.1. The summed E-state index contributed by atoms with van der Waals surface area (Å²) in [6.07, 6.45) is 4.82. The number of ether oxygens (including phenoxy) is 1. The monoisotopic (exact) mass is 256 g/mol. The van der Waals surface area contributed by atoms with Crippen LogP contribution in [0.25, 0.3) is 0 Å². The Kier molecular flexibility index (Phi) is 7.28. The highest BCUT2D eigenvalue weighted by Crippen LogP contribution is 2.09. The summed E-state index contributed by atoms with van der Waals surface area (Å²) in [5, 5.41) is 3.32. The number of hydrogen-bond donors (Lipinski definition) is 1. The van der Waals surface area contributed by atoms with E-state index in [1.807, 2.05) is 4.90 Å². The molecule has 0 aliphatic carbocycles. The van der Waals surface area contributed by atoms with Gasteiger partial charge in [-0.05, 0) is 18.8 Å². The molecule has 1 atom stereocenters. The Morgan fingerprint density at radius 2 is 1.83 bits per heavy atom. The van der Waals surface area contributed by atoms with Crippen molar-refractivity contribution in [3.05, 3.63) is 0 Å². The van der Waals surface area contributed by atoms with Crippen molar-refractivity contribution in [1.82, 2.24) is 10.2 Å². The van der Waals surface area contributed by atoms with Gasteiger partial charge >= 0.3 is 0 Å². The molecule has 0 radical (unpaired) electrons. The molecule has 0 bridgehead atoms. The van der Waals surface area contributed by atoms with Crippen LogP contribution in [0.3, 0.4) is 0 Å². The van der Waals surface area contributed by atoms with Gasteiger partial charge in [-0.2, -0.15) is 0 Å². The number of rotatable bonds is 6. The highest BCUT2D eigenvalue weighted by Gasteiger charge is 2.18. The average molecular weight is 256 g/mol. The van der Waals surface area contributed by atoms with E-state index >= 15 is 0 Å². The van der Waals surface area contributed by atoms with Crippen molar-refractivity contribution in [1.29, 1.82) is 0 Å². The lowest BCUT2D eigenvalue weighted by Gasteiger charge is -2.25. The molecule has 1 aliphatic rings. The number of likely N-dealkylation sites (tertiary alicyclic amines) is 1. The van der Waals surface area contributed by atoms with E-state index in [2.05, 4.69) is 19.2 Å². The topological polar surface area (TPSA) is 41.6 Å². The van der Waals surface area contributed by atoms with Crippen molar-refractivity contribution < 1.29 is 9.53 Å². The molecular formula is C14H28N2O2. The van der Waals surface area contributed by atoms with Gasteiger partial charge in [-0.15, -0.1) is 0 Å². The molecule has 1 unspecified atom stereocenters. The molecule has 1 fully saturated rings. The van der Waals surface area contributed by atoms with E-state index in [-0.39, 0.29) is 11.9 Å². The van der Waals surface area contributed by atoms with E-state index in [1.165, 1.54) is 12.8 Å². The minimum Gasteiger partial charge on any atom is -0.383 e. The standard InChI is InChI=1S/C14H28N2O2/c1-12(2)13(11-18-3)15-10-14(17)16-8-6-4-5-7-9-16/h12-13,15H,4-11H2,1-3H3. The maximum Gasteiger partial charge on any atom is 0.236 e. The van der Waals surface area contributed by atoms with Crippen LogP contribution in [0.1, 0.15) is 39.5 Å². The number of nitrogens with zero attached hydrogens (tertiary/aromatic N) is 1. The number of hydrogen-bond acceptors (Lipinski definition) is 3. The van der Waals surface area contributed by atoms with Crippen molar-refractivity contribution in [2.24, 2.45) is 5.92 Å². The van der Waals surface area contributed by atoms with Crippen molar-refractivity contribution >= 4 is 5.91 Å². The molecule has 4 heteroatoms. The molecule has 1 aliphatic heterocycles. The number of nitrogens with one attached hydrogen (secondary N) is 1. The average Bonchev–Trinajstić information content (AvgIpc) is 2.62. The van der Waals surface area contributed by atoms with Crippen LogP contribution >= 0.6 is 0 Å². The normalized spacial score (nSPS) is 18.8. The zero-order valence-corrected chi connectivity index (χ0v) is 12.1. The SMILES string of the molecule is COCC(NCC(=O)N1CCCCCC1)C(C)C. The first-order chi connectivity index (χ1) is 8.65. The molecule has 1 saturated heterocycles. The van der Waals surface area contributed by atoms with E-state index in [1.54, 1.807) is 7.11 Å². The highest BCUT2D eigenvalue weighted by atomic mass is 16.5. The van der Waals surface area contributed by atoms with Gasteiger partial charge < -0.3 is 15.0 Å². The zero-order valence-electron chi connectivity index (χ0n) is 12.1. The fraction of sp³-hybridized carbons (Fsp3) is 0.929. The third kappa shape index (κ3) is 5.36. The number of methoxy groups -OCH3 is 1. The minimum absolute atomic E-state index is 0.235. The van der Waals surface area contributed by atoms with E-state index < -0.39 is 0 Å². The predicted molar refractivity (Wildman–Crippen MR) is 73.6 cm³/mol. The molecule has 106 valence electrons. The van der Waals surface area contributed by atoms with Crippen LogP contribution < -0.4 is 5.32 Å². The Bertz CT molecular complexity index is 236. The van der Waals surface area contributed by atoms with Crippen LogP contribution in [-0.4, -0.2) is 50.2 Å². The first-order valence-corrected chi connectivity index (χ1v) is 7.15. The first-order valence-electron chi connectivity index (χ1n) is 7.15. The van der Waals surface area contributed by atoms with Gasteiger partial charge in [-0.3, -0.25) is 4.79 Å². The Hall–Kier alpha value is -0.610.